The standard InChI is InChI=1S/C67H120O6/c1-4-7-10-13-16-19-21-23-25-27-28-29-30-31-32-33-34-35-36-37-38-40-41-43-45-48-51-54-57-60-66(69)72-63-64(62-71-65(68)59-56-53-50-47-18-15-12-9-6-3)73-67(70)61-58-55-52-49-46-44-42-39-26-24-22-20-17-14-11-8-5-2/h8,11,17,20,24,26-28,42,44,64H,4-7,9-10,12-16,18-19,21-23,25,29-41,43,45-63H2,1-3H3/b11-8-,20-17-,26-24-,28-27-,44-42-. The van der Waals surface area contributed by atoms with Gasteiger partial charge < -0.3 is 14.2 Å². The van der Waals surface area contributed by atoms with Crippen LogP contribution in [0.2, 0.25) is 0 Å². The lowest BCUT2D eigenvalue weighted by Crippen LogP contribution is -2.30. The van der Waals surface area contributed by atoms with Crippen LogP contribution < -0.4 is 0 Å². The van der Waals surface area contributed by atoms with E-state index in [1.807, 2.05) is 0 Å². The van der Waals surface area contributed by atoms with Crippen LogP contribution in [0.3, 0.4) is 0 Å². The van der Waals surface area contributed by atoms with Crippen molar-refractivity contribution in [1.82, 2.24) is 0 Å². The van der Waals surface area contributed by atoms with E-state index in [0.29, 0.717) is 19.3 Å². The first-order valence-corrected chi connectivity index (χ1v) is 31.8. The third-order valence-electron chi connectivity index (χ3n) is 14.0. The largest absolute Gasteiger partial charge is 0.462 e. The first-order valence-electron chi connectivity index (χ1n) is 31.8. The number of ether oxygens (including phenoxy) is 3. The fraction of sp³-hybridized carbons (Fsp3) is 0.806. The number of hydrogen-bond acceptors (Lipinski definition) is 6. The summed E-state index contributed by atoms with van der Waals surface area (Å²) in [5.74, 6) is -0.893. The van der Waals surface area contributed by atoms with Crippen LogP contribution >= 0.6 is 0 Å². The Bertz CT molecular complexity index is 1310. The first kappa shape index (κ1) is 70.1. The van der Waals surface area contributed by atoms with Gasteiger partial charge in [0.15, 0.2) is 6.10 Å². The summed E-state index contributed by atoms with van der Waals surface area (Å²) in [7, 11) is 0. The van der Waals surface area contributed by atoms with E-state index in [9.17, 15) is 14.4 Å². The summed E-state index contributed by atoms with van der Waals surface area (Å²) in [4.78, 5) is 38.1. The van der Waals surface area contributed by atoms with E-state index in [1.165, 1.54) is 193 Å². The van der Waals surface area contributed by atoms with Crippen molar-refractivity contribution in [3.63, 3.8) is 0 Å². The van der Waals surface area contributed by atoms with Crippen molar-refractivity contribution in [2.75, 3.05) is 13.2 Å². The van der Waals surface area contributed by atoms with Crippen molar-refractivity contribution in [2.24, 2.45) is 0 Å². The van der Waals surface area contributed by atoms with Crippen LogP contribution in [0.25, 0.3) is 0 Å². The topological polar surface area (TPSA) is 78.9 Å². The van der Waals surface area contributed by atoms with Crippen LogP contribution in [0.4, 0.5) is 0 Å². The normalized spacial score (nSPS) is 12.4. The van der Waals surface area contributed by atoms with E-state index in [-0.39, 0.29) is 31.1 Å². The molecule has 424 valence electrons. The molecule has 0 saturated carbocycles. The Morgan fingerprint density at radius 3 is 0.849 bits per heavy atom. The molecule has 0 rings (SSSR count). The Hall–Kier alpha value is -2.89. The summed E-state index contributed by atoms with van der Waals surface area (Å²) in [6.45, 7) is 6.52. The van der Waals surface area contributed by atoms with E-state index in [2.05, 4.69) is 81.5 Å². The summed E-state index contributed by atoms with van der Waals surface area (Å²) < 4.78 is 16.8. The summed E-state index contributed by atoms with van der Waals surface area (Å²) in [5.41, 5.74) is 0. The fourth-order valence-corrected chi connectivity index (χ4v) is 9.25. The van der Waals surface area contributed by atoms with Crippen LogP contribution in [0.1, 0.15) is 329 Å². The maximum Gasteiger partial charge on any atom is 0.306 e. The zero-order chi connectivity index (χ0) is 52.9. The molecule has 0 spiro atoms. The van der Waals surface area contributed by atoms with Crippen molar-refractivity contribution in [3.05, 3.63) is 60.8 Å². The molecule has 0 aliphatic heterocycles. The molecule has 0 radical (unpaired) electrons. The monoisotopic (exact) mass is 1020 g/mol. The molecular formula is C67H120O6. The molecule has 6 nitrogen and oxygen atoms in total. The Balaban J connectivity index is 4.13. The molecule has 73 heavy (non-hydrogen) atoms. The van der Waals surface area contributed by atoms with Crippen LogP contribution in [-0.2, 0) is 28.6 Å². The van der Waals surface area contributed by atoms with Crippen LogP contribution in [0, 0.1) is 0 Å². The molecule has 6 heteroatoms. The lowest BCUT2D eigenvalue weighted by Gasteiger charge is -2.18. The van der Waals surface area contributed by atoms with Gasteiger partial charge in [0.05, 0.1) is 0 Å². The predicted octanol–water partition coefficient (Wildman–Crippen LogP) is 21.6. The SMILES string of the molecule is CC/C=C\C/C=C\C/C=C\C/C=C\CCCCCCC(=O)OC(COC(=O)CCCCCCCCCCC)COC(=O)CCCCCCCCCCCCCCCCCCC/C=C\CCCCCCCCCC. The van der Waals surface area contributed by atoms with Crippen LogP contribution in [-0.4, -0.2) is 37.2 Å². The van der Waals surface area contributed by atoms with E-state index < -0.39 is 6.10 Å². The number of allylic oxidation sites excluding steroid dienone is 10. The van der Waals surface area contributed by atoms with Gasteiger partial charge in [-0.25, -0.2) is 0 Å². The first-order chi connectivity index (χ1) is 36.0. The third-order valence-corrected chi connectivity index (χ3v) is 14.0. The number of carbonyl (C=O) groups is 3. The number of unbranched alkanes of at least 4 members (excludes halogenated alkanes) is 37. The molecular weight excluding hydrogens is 901 g/mol. The average Bonchev–Trinajstić information content (AvgIpc) is 3.39. The van der Waals surface area contributed by atoms with Gasteiger partial charge in [-0.1, -0.05) is 287 Å². The van der Waals surface area contributed by atoms with E-state index >= 15 is 0 Å². The predicted molar refractivity (Wildman–Crippen MR) is 316 cm³/mol. The minimum absolute atomic E-state index is 0.0809. The Morgan fingerprint density at radius 2 is 0.534 bits per heavy atom. The molecule has 0 aliphatic rings. The van der Waals surface area contributed by atoms with Gasteiger partial charge in [-0.2, -0.15) is 0 Å². The zero-order valence-electron chi connectivity index (χ0n) is 48.7. The van der Waals surface area contributed by atoms with Crippen molar-refractivity contribution >= 4 is 17.9 Å². The lowest BCUT2D eigenvalue weighted by atomic mass is 10.0. The van der Waals surface area contributed by atoms with Gasteiger partial charge in [0, 0.05) is 19.3 Å². The highest BCUT2D eigenvalue weighted by Crippen LogP contribution is 2.17. The smallest absolute Gasteiger partial charge is 0.306 e. The molecule has 0 aromatic carbocycles. The summed E-state index contributed by atoms with van der Waals surface area (Å²) in [5, 5.41) is 0. The average molecular weight is 1020 g/mol. The molecule has 1 atom stereocenters. The second kappa shape index (κ2) is 61.7. The minimum Gasteiger partial charge on any atom is -0.462 e. The van der Waals surface area contributed by atoms with Crippen molar-refractivity contribution in [2.45, 2.75) is 335 Å². The van der Waals surface area contributed by atoms with Gasteiger partial charge in [0.2, 0.25) is 0 Å². The highest BCUT2D eigenvalue weighted by atomic mass is 16.6. The summed E-state index contributed by atoms with van der Waals surface area (Å²) in [6, 6.07) is 0. The molecule has 0 fully saturated rings. The van der Waals surface area contributed by atoms with Gasteiger partial charge in [0.25, 0.3) is 0 Å². The van der Waals surface area contributed by atoms with Crippen molar-refractivity contribution < 1.29 is 28.6 Å². The van der Waals surface area contributed by atoms with Crippen LogP contribution in [0.5, 0.6) is 0 Å². The highest BCUT2D eigenvalue weighted by Gasteiger charge is 2.19. The van der Waals surface area contributed by atoms with Crippen molar-refractivity contribution in [3.8, 4) is 0 Å². The Kier molecular flexibility index (Phi) is 59.2. The van der Waals surface area contributed by atoms with Gasteiger partial charge in [-0.15, -0.1) is 0 Å². The lowest BCUT2D eigenvalue weighted by molar-refractivity contribution is -0.167. The molecule has 0 N–H and O–H groups in total. The molecule has 0 heterocycles. The molecule has 0 amide bonds. The quantitative estimate of drug-likeness (QED) is 0.0261. The number of hydrogen-bond donors (Lipinski definition) is 0. The number of esters is 3. The molecule has 1 unspecified atom stereocenters. The van der Waals surface area contributed by atoms with E-state index in [1.54, 1.807) is 0 Å². The van der Waals surface area contributed by atoms with Gasteiger partial charge in [-0.3, -0.25) is 14.4 Å². The fourth-order valence-electron chi connectivity index (χ4n) is 9.25. The highest BCUT2D eigenvalue weighted by molar-refractivity contribution is 5.71. The summed E-state index contributed by atoms with van der Waals surface area (Å²) in [6.07, 6.45) is 78.2. The van der Waals surface area contributed by atoms with Crippen LogP contribution in [0.15, 0.2) is 60.8 Å². The Labute approximate surface area is 453 Å². The number of rotatable bonds is 58. The molecule has 0 bridgehead atoms. The molecule has 0 aliphatic carbocycles. The number of carbonyl (C=O) groups excluding carboxylic acids is 3. The van der Waals surface area contributed by atoms with Crippen molar-refractivity contribution in [1.29, 1.82) is 0 Å². The Morgan fingerprint density at radius 1 is 0.288 bits per heavy atom. The molecule has 0 saturated heterocycles. The molecule has 0 aromatic heterocycles. The van der Waals surface area contributed by atoms with Gasteiger partial charge in [0.1, 0.15) is 13.2 Å². The maximum absolute atomic E-state index is 12.8. The van der Waals surface area contributed by atoms with E-state index in [4.69, 9.17) is 14.2 Å². The maximum atomic E-state index is 12.8. The molecule has 0 aromatic rings. The second-order valence-electron chi connectivity index (χ2n) is 21.3. The zero-order valence-corrected chi connectivity index (χ0v) is 48.7. The third kappa shape index (κ3) is 59.9. The summed E-state index contributed by atoms with van der Waals surface area (Å²) >= 11 is 0. The second-order valence-corrected chi connectivity index (χ2v) is 21.3. The minimum atomic E-state index is -0.784. The van der Waals surface area contributed by atoms with Gasteiger partial charge >= 0.3 is 17.9 Å². The van der Waals surface area contributed by atoms with Gasteiger partial charge in [-0.05, 0) is 83.5 Å². The van der Waals surface area contributed by atoms with E-state index in [0.717, 1.165) is 96.3 Å².